The molecule has 0 N–H and O–H groups in total. The van der Waals surface area contributed by atoms with Crippen LogP contribution in [0.3, 0.4) is 0 Å². The predicted molar refractivity (Wildman–Crippen MR) is 80.1 cm³/mol. The quantitative estimate of drug-likeness (QED) is 0.577. The highest BCUT2D eigenvalue weighted by molar-refractivity contribution is 5.79. The van der Waals surface area contributed by atoms with Crippen LogP contribution in [0.5, 0.6) is 0 Å². The normalized spacial score (nSPS) is 10.6. The molecule has 2 rings (SSSR count). The number of aryl methyl sites for hydroxylation is 1. The molecule has 0 saturated carbocycles. The van der Waals surface area contributed by atoms with Gasteiger partial charge in [0.25, 0.3) is 0 Å². The van der Waals surface area contributed by atoms with Crippen molar-refractivity contribution in [3.8, 4) is 0 Å². The molecule has 0 aliphatic heterocycles. The van der Waals surface area contributed by atoms with Crippen LogP contribution in [0.15, 0.2) is 60.3 Å². The zero-order valence-electron chi connectivity index (χ0n) is 11.0. The lowest BCUT2D eigenvalue weighted by molar-refractivity contribution is 0.132. The van der Waals surface area contributed by atoms with Crippen molar-refractivity contribution in [2.24, 2.45) is 5.16 Å². The van der Waals surface area contributed by atoms with Gasteiger partial charge in [-0.1, -0.05) is 71.9 Å². The molecule has 0 saturated heterocycles. The van der Waals surface area contributed by atoms with E-state index >= 15 is 0 Å². The molecule has 2 heteroatoms. The molecule has 0 radical (unpaired) electrons. The third kappa shape index (κ3) is 4.11. The lowest BCUT2D eigenvalue weighted by Gasteiger charge is -2.00. The molecular formula is C17H17NO. The molecule has 0 unspecified atom stereocenters. The second-order valence-corrected chi connectivity index (χ2v) is 4.36. The van der Waals surface area contributed by atoms with Gasteiger partial charge >= 0.3 is 0 Å². The molecule has 0 aliphatic rings. The molecule has 0 aliphatic carbocycles. The van der Waals surface area contributed by atoms with Crippen molar-refractivity contribution in [1.29, 1.82) is 0 Å². The Balaban J connectivity index is 1.85. The number of oxime groups is 1. The van der Waals surface area contributed by atoms with E-state index in [4.69, 9.17) is 4.84 Å². The number of rotatable bonds is 5. The van der Waals surface area contributed by atoms with Gasteiger partial charge in [0.05, 0.1) is 6.21 Å². The zero-order chi connectivity index (χ0) is 13.5. The van der Waals surface area contributed by atoms with Gasteiger partial charge in [-0.25, -0.2) is 0 Å². The number of hydrogen-bond acceptors (Lipinski definition) is 2. The fraction of sp³-hybridized carbons (Fsp3) is 0.118. The molecular weight excluding hydrogens is 234 g/mol. The van der Waals surface area contributed by atoms with E-state index in [9.17, 15) is 0 Å². The van der Waals surface area contributed by atoms with E-state index in [1.54, 1.807) is 6.21 Å². The minimum Gasteiger partial charge on any atom is -0.391 e. The van der Waals surface area contributed by atoms with Crippen LogP contribution in [0.4, 0.5) is 0 Å². The maximum atomic E-state index is 5.27. The van der Waals surface area contributed by atoms with Gasteiger partial charge in [0.2, 0.25) is 0 Å². The van der Waals surface area contributed by atoms with Crippen LogP contribution in [0, 0.1) is 6.92 Å². The predicted octanol–water partition coefficient (Wildman–Crippen LogP) is 4.19. The highest BCUT2D eigenvalue weighted by Gasteiger charge is 1.92. The van der Waals surface area contributed by atoms with E-state index in [0.29, 0.717) is 6.61 Å². The first-order valence-corrected chi connectivity index (χ1v) is 6.21. The summed E-state index contributed by atoms with van der Waals surface area (Å²) in [6.45, 7) is 6.25. The molecule has 2 nitrogen and oxygen atoms in total. The monoisotopic (exact) mass is 251 g/mol. The summed E-state index contributed by atoms with van der Waals surface area (Å²) in [6, 6.07) is 16.2. The minimum atomic E-state index is 0.472. The maximum Gasteiger partial charge on any atom is 0.142 e. The van der Waals surface area contributed by atoms with Crippen molar-refractivity contribution < 1.29 is 4.84 Å². The Labute approximate surface area is 114 Å². The van der Waals surface area contributed by atoms with Gasteiger partial charge in [-0.15, -0.1) is 0 Å². The molecule has 19 heavy (non-hydrogen) atoms. The summed E-state index contributed by atoms with van der Waals surface area (Å²) in [5, 5.41) is 3.96. The van der Waals surface area contributed by atoms with E-state index in [2.05, 4.69) is 30.8 Å². The summed E-state index contributed by atoms with van der Waals surface area (Å²) in [4.78, 5) is 5.27. The summed E-state index contributed by atoms with van der Waals surface area (Å²) in [5.74, 6) is 0. The van der Waals surface area contributed by atoms with E-state index < -0.39 is 0 Å². The molecule has 2 aromatic carbocycles. The average Bonchev–Trinajstić information content (AvgIpc) is 2.46. The summed E-state index contributed by atoms with van der Waals surface area (Å²) in [7, 11) is 0. The van der Waals surface area contributed by atoms with Gasteiger partial charge in [-0.3, -0.25) is 0 Å². The molecule has 0 bridgehead atoms. The summed E-state index contributed by atoms with van der Waals surface area (Å²) in [5.41, 5.74) is 4.46. The van der Waals surface area contributed by atoms with E-state index in [1.807, 2.05) is 42.5 Å². The van der Waals surface area contributed by atoms with Gasteiger partial charge in [-0.2, -0.15) is 0 Å². The zero-order valence-corrected chi connectivity index (χ0v) is 11.0. The van der Waals surface area contributed by atoms with Crippen molar-refractivity contribution in [3.63, 3.8) is 0 Å². The molecule has 0 fully saturated rings. The Morgan fingerprint density at radius 2 is 1.63 bits per heavy atom. The molecule has 0 amide bonds. The van der Waals surface area contributed by atoms with Gasteiger partial charge < -0.3 is 4.84 Å². The van der Waals surface area contributed by atoms with Crippen molar-refractivity contribution in [3.05, 3.63) is 77.4 Å². The lowest BCUT2D eigenvalue weighted by atomic mass is 10.1. The molecule has 0 atom stereocenters. The average molecular weight is 251 g/mol. The second-order valence-electron chi connectivity index (χ2n) is 4.36. The SMILES string of the molecule is C=Cc1ccc(CON=Cc2ccc(C)cc2)cc1. The van der Waals surface area contributed by atoms with Crippen LogP contribution in [0.2, 0.25) is 0 Å². The highest BCUT2D eigenvalue weighted by Crippen LogP contribution is 2.07. The van der Waals surface area contributed by atoms with Gasteiger partial charge in [0, 0.05) is 0 Å². The Hall–Kier alpha value is -2.35. The third-order valence-electron chi connectivity index (χ3n) is 2.80. The first kappa shape index (κ1) is 13.1. The van der Waals surface area contributed by atoms with Crippen LogP contribution >= 0.6 is 0 Å². The van der Waals surface area contributed by atoms with Gasteiger partial charge in [-0.05, 0) is 23.6 Å². The van der Waals surface area contributed by atoms with Crippen LogP contribution in [0.25, 0.3) is 6.08 Å². The second kappa shape index (κ2) is 6.55. The Kier molecular flexibility index (Phi) is 4.51. The van der Waals surface area contributed by atoms with Gasteiger partial charge in [0.15, 0.2) is 0 Å². The topological polar surface area (TPSA) is 21.6 Å². The summed E-state index contributed by atoms with van der Waals surface area (Å²) >= 11 is 0. The Morgan fingerprint density at radius 3 is 2.26 bits per heavy atom. The molecule has 96 valence electrons. The Morgan fingerprint density at radius 1 is 1.00 bits per heavy atom. The third-order valence-corrected chi connectivity index (χ3v) is 2.80. The van der Waals surface area contributed by atoms with Crippen molar-refractivity contribution in [2.45, 2.75) is 13.5 Å². The first-order valence-electron chi connectivity index (χ1n) is 6.21. The number of nitrogens with zero attached hydrogens (tertiary/aromatic N) is 1. The standard InChI is InChI=1S/C17H17NO/c1-3-15-8-10-17(11-9-15)13-19-18-12-16-6-4-14(2)5-7-16/h3-12H,1,13H2,2H3. The molecule has 0 aromatic heterocycles. The Bertz CT molecular complexity index is 553. The molecule has 0 heterocycles. The van der Waals surface area contributed by atoms with Crippen LogP contribution < -0.4 is 0 Å². The summed E-state index contributed by atoms with van der Waals surface area (Å²) in [6.07, 6.45) is 3.54. The minimum absolute atomic E-state index is 0.472. The lowest BCUT2D eigenvalue weighted by Crippen LogP contribution is -1.88. The molecule has 2 aromatic rings. The van der Waals surface area contributed by atoms with E-state index in [1.165, 1.54) is 5.56 Å². The first-order chi connectivity index (χ1) is 9.28. The fourth-order valence-electron chi connectivity index (χ4n) is 1.61. The van der Waals surface area contributed by atoms with E-state index in [-0.39, 0.29) is 0 Å². The smallest absolute Gasteiger partial charge is 0.142 e. The highest BCUT2D eigenvalue weighted by atomic mass is 16.6. The van der Waals surface area contributed by atoms with Crippen molar-refractivity contribution in [1.82, 2.24) is 0 Å². The van der Waals surface area contributed by atoms with Crippen LogP contribution in [-0.2, 0) is 11.4 Å². The van der Waals surface area contributed by atoms with Crippen molar-refractivity contribution in [2.75, 3.05) is 0 Å². The maximum absolute atomic E-state index is 5.27. The van der Waals surface area contributed by atoms with Gasteiger partial charge in [0.1, 0.15) is 6.61 Å². The van der Waals surface area contributed by atoms with Crippen LogP contribution in [-0.4, -0.2) is 6.21 Å². The van der Waals surface area contributed by atoms with Crippen molar-refractivity contribution >= 4 is 12.3 Å². The number of hydrogen-bond donors (Lipinski definition) is 0. The largest absolute Gasteiger partial charge is 0.391 e. The number of benzene rings is 2. The summed E-state index contributed by atoms with van der Waals surface area (Å²) < 4.78 is 0. The van der Waals surface area contributed by atoms with Crippen LogP contribution in [0.1, 0.15) is 22.3 Å². The fourth-order valence-corrected chi connectivity index (χ4v) is 1.61. The van der Waals surface area contributed by atoms with E-state index in [0.717, 1.165) is 16.7 Å². The molecule has 0 spiro atoms.